The van der Waals surface area contributed by atoms with Gasteiger partial charge >= 0.3 is 0 Å². The van der Waals surface area contributed by atoms with Gasteiger partial charge in [0.2, 0.25) is 10.0 Å². The van der Waals surface area contributed by atoms with Crippen LogP contribution in [0.15, 0.2) is 82.8 Å². The van der Waals surface area contributed by atoms with Crippen LogP contribution in [0.1, 0.15) is 25.3 Å². The summed E-state index contributed by atoms with van der Waals surface area (Å²) in [6.07, 6.45) is 2.35. The molecule has 0 bridgehead atoms. The van der Waals surface area contributed by atoms with Crippen molar-refractivity contribution in [1.29, 1.82) is 0 Å². The van der Waals surface area contributed by atoms with Gasteiger partial charge in [0, 0.05) is 17.3 Å². The summed E-state index contributed by atoms with van der Waals surface area (Å²) in [7, 11) is -3.87. The van der Waals surface area contributed by atoms with E-state index in [0.717, 1.165) is 0 Å². The lowest BCUT2D eigenvalue weighted by Gasteiger charge is -2.22. The van der Waals surface area contributed by atoms with E-state index in [9.17, 15) is 18.0 Å². The molecule has 2 N–H and O–H groups in total. The van der Waals surface area contributed by atoms with Crippen molar-refractivity contribution in [2.24, 2.45) is 5.10 Å². The average molecular weight is 585 g/mol. The van der Waals surface area contributed by atoms with Crippen LogP contribution < -0.4 is 20.2 Å². The number of sulfonamides is 1. The Morgan fingerprint density at radius 3 is 2.52 bits per heavy atom. The Balaban J connectivity index is 1.37. The summed E-state index contributed by atoms with van der Waals surface area (Å²) in [5.74, 6) is -0.0664. The lowest BCUT2D eigenvalue weighted by Crippen LogP contribution is -2.44. The molecule has 0 aliphatic carbocycles. The molecular weight excluding hydrogens is 556 g/mol. The molecule has 12 heteroatoms. The van der Waals surface area contributed by atoms with Gasteiger partial charge in [-0.3, -0.25) is 9.59 Å². The first kappa shape index (κ1) is 29.1. The zero-order chi connectivity index (χ0) is 28.5. The molecule has 0 saturated carbocycles. The fraction of sp³-hybridized carbons (Fsp3) is 0.250. The summed E-state index contributed by atoms with van der Waals surface area (Å²) in [5.41, 5.74) is 3.71. The van der Waals surface area contributed by atoms with Crippen molar-refractivity contribution < 1.29 is 27.5 Å². The van der Waals surface area contributed by atoms with Gasteiger partial charge in [0.05, 0.1) is 17.7 Å². The lowest BCUT2D eigenvalue weighted by atomic mass is 10.2. The van der Waals surface area contributed by atoms with Gasteiger partial charge in [-0.25, -0.2) is 13.8 Å². The third-order valence-corrected chi connectivity index (χ3v) is 8.17. The van der Waals surface area contributed by atoms with E-state index in [-0.39, 0.29) is 24.0 Å². The fourth-order valence-electron chi connectivity index (χ4n) is 4.13. The summed E-state index contributed by atoms with van der Waals surface area (Å²) in [5, 5.41) is 7.18. The molecule has 0 radical (unpaired) electrons. The van der Waals surface area contributed by atoms with Gasteiger partial charge in [0.25, 0.3) is 11.8 Å². The average Bonchev–Trinajstić information content (AvgIpc) is 3.45. The first-order valence-electron chi connectivity index (χ1n) is 12.6. The van der Waals surface area contributed by atoms with Crippen molar-refractivity contribution in [3.63, 3.8) is 0 Å². The summed E-state index contributed by atoms with van der Waals surface area (Å²) < 4.78 is 38.7. The Hall–Kier alpha value is -3.93. The lowest BCUT2D eigenvalue weighted by molar-refractivity contribution is -0.124. The van der Waals surface area contributed by atoms with E-state index in [1.807, 2.05) is 25.1 Å². The van der Waals surface area contributed by atoms with Gasteiger partial charge in [-0.15, -0.1) is 0 Å². The number of nitrogens with zero attached hydrogens (tertiary/aromatic N) is 2. The van der Waals surface area contributed by atoms with Gasteiger partial charge in [-0.05, 0) is 79.9 Å². The Bertz CT molecular complexity index is 1470. The van der Waals surface area contributed by atoms with Gasteiger partial charge in [0.1, 0.15) is 6.04 Å². The summed E-state index contributed by atoms with van der Waals surface area (Å²) in [4.78, 5) is 25.2. The Kier molecular flexibility index (Phi) is 9.75. The Morgan fingerprint density at radius 2 is 1.80 bits per heavy atom. The number of amides is 2. The predicted octanol–water partition coefficient (Wildman–Crippen LogP) is 4.06. The van der Waals surface area contributed by atoms with Crippen molar-refractivity contribution in [1.82, 2.24) is 9.73 Å². The zero-order valence-electron chi connectivity index (χ0n) is 21.7. The smallest absolute Gasteiger partial charge is 0.262 e. The second-order valence-corrected chi connectivity index (χ2v) is 11.1. The maximum Gasteiger partial charge on any atom is 0.262 e. The molecule has 10 nitrogen and oxygen atoms in total. The van der Waals surface area contributed by atoms with Crippen molar-refractivity contribution in [2.45, 2.75) is 30.7 Å². The van der Waals surface area contributed by atoms with Crippen molar-refractivity contribution in [2.75, 3.05) is 25.1 Å². The first-order valence-corrected chi connectivity index (χ1v) is 14.4. The summed E-state index contributed by atoms with van der Waals surface area (Å²) >= 11 is 5.88. The molecule has 0 unspecified atom stereocenters. The van der Waals surface area contributed by atoms with Gasteiger partial charge in [0.15, 0.2) is 18.1 Å². The number of anilines is 1. The van der Waals surface area contributed by atoms with Crippen LogP contribution in [0.3, 0.4) is 0 Å². The molecule has 3 aromatic carbocycles. The van der Waals surface area contributed by atoms with Crippen LogP contribution in [0.2, 0.25) is 5.02 Å². The van der Waals surface area contributed by atoms with Crippen molar-refractivity contribution >= 4 is 45.3 Å². The van der Waals surface area contributed by atoms with Crippen LogP contribution in [0.5, 0.6) is 11.5 Å². The molecule has 3 aromatic rings. The number of hydrazone groups is 1. The number of carbonyl (C=O) groups excluding carboxylic acids is 2. The molecule has 40 heavy (non-hydrogen) atoms. The highest BCUT2D eigenvalue weighted by Gasteiger charge is 2.39. The minimum atomic E-state index is -3.87. The van der Waals surface area contributed by atoms with Crippen LogP contribution in [-0.4, -0.2) is 56.6 Å². The third kappa shape index (κ3) is 7.38. The largest absolute Gasteiger partial charge is 0.490 e. The van der Waals surface area contributed by atoms with Gasteiger partial charge in [-0.2, -0.15) is 9.41 Å². The Morgan fingerprint density at radius 1 is 1.05 bits per heavy atom. The highest BCUT2D eigenvalue weighted by atomic mass is 35.5. The fourth-order valence-corrected chi connectivity index (χ4v) is 5.91. The molecule has 1 fully saturated rings. The zero-order valence-corrected chi connectivity index (χ0v) is 23.3. The summed E-state index contributed by atoms with van der Waals surface area (Å²) in [6.45, 7) is 2.20. The number of rotatable bonds is 11. The predicted molar refractivity (Wildman–Crippen MR) is 152 cm³/mol. The molecule has 0 spiro atoms. The topological polar surface area (TPSA) is 126 Å². The van der Waals surface area contributed by atoms with Crippen LogP contribution >= 0.6 is 11.6 Å². The van der Waals surface area contributed by atoms with Crippen LogP contribution in [0, 0.1) is 0 Å². The Labute approximate surface area is 238 Å². The number of hydrogen-bond donors (Lipinski definition) is 2. The maximum absolute atomic E-state index is 13.1. The molecule has 2 amide bonds. The van der Waals surface area contributed by atoms with E-state index >= 15 is 0 Å². The molecule has 1 atom stereocenters. The number of para-hydroxylation sites is 1. The van der Waals surface area contributed by atoms with Gasteiger partial charge < -0.3 is 14.8 Å². The SMILES string of the molecule is CCOc1cc(/C=N\NC(=O)[C@@H]2CCCN2S(=O)(=O)c2ccc(Cl)cc2)ccc1OCC(=O)Nc1ccccc1. The van der Waals surface area contributed by atoms with Crippen LogP contribution in [-0.2, 0) is 19.6 Å². The molecule has 210 valence electrons. The molecule has 1 aliphatic heterocycles. The number of halogens is 1. The van der Waals surface area contributed by atoms with E-state index in [2.05, 4.69) is 15.8 Å². The van der Waals surface area contributed by atoms with Crippen molar-refractivity contribution in [3.8, 4) is 11.5 Å². The molecule has 1 heterocycles. The van der Waals surface area contributed by atoms with Crippen LogP contribution in [0.25, 0.3) is 0 Å². The van der Waals surface area contributed by atoms with E-state index in [0.29, 0.717) is 47.2 Å². The molecular formula is C28H29ClN4O6S. The maximum atomic E-state index is 13.1. The highest BCUT2D eigenvalue weighted by molar-refractivity contribution is 7.89. The number of nitrogens with one attached hydrogen (secondary N) is 2. The molecule has 1 aliphatic rings. The summed E-state index contributed by atoms with van der Waals surface area (Å²) in [6, 6.07) is 19.0. The van der Waals surface area contributed by atoms with Gasteiger partial charge in [-0.1, -0.05) is 29.8 Å². The minimum Gasteiger partial charge on any atom is -0.490 e. The van der Waals surface area contributed by atoms with Crippen LogP contribution in [0.4, 0.5) is 5.69 Å². The number of carbonyl (C=O) groups is 2. The molecule has 0 aromatic heterocycles. The van der Waals surface area contributed by atoms with E-state index in [1.54, 1.807) is 30.3 Å². The number of benzene rings is 3. The van der Waals surface area contributed by atoms with Crippen molar-refractivity contribution in [3.05, 3.63) is 83.4 Å². The van der Waals surface area contributed by atoms with E-state index in [1.165, 1.54) is 34.8 Å². The highest BCUT2D eigenvalue weighted by Crippen LogP contribution is 2.29. The molecule has 4 rings (SSSR count). The monoisotopic (exact) mass is 584 g/mol. The molecule has 1 saturated heterocycles. The number of ether oxygens (including phenoxy) is 2. The third-order valence-electron chi connectivity index (χ3n) is 6.00. The number of hydrogen-bond acceptors (Lipinski definition) is 7. The second-order valence-electron chi connectivity index (χ2n) is 8.80. The van der Waals surface area contributed by atoms with E-state index < -0.39 is 22.0 Å². The second kappa shape index (κ2) is 13.4. The van der Waals surface area contributed by atoms with E-state index in [4.69, 9.17) is 21.1 Å². The first-order chi connectivity index (χ1) is 19.3. The normalized spacial score (nSPS) is 15.6. The quantitative estimate of drug-likeness (QED) is 0.258. The minimum absolute atomic E-state index is 0.0726. The standard InChI is InChI=1S/C28H29ClN4O6S/c1-2-38-26-17-20(10-15-25(26)39-19-27(34)31-22-7-4-3-5-8-22)18-30-32-28(35)24-9-6-16-33(24)40(36,37)23-13-11-21(29)12-14-23/h3-5,7-8,10-15,17-18,24H,2,6,9,16,19H2,1H3,(H,31,34)(H,32,35)/b30-18-/t24-/m0/s1.